The van der Waals surface area contributed by atoms with E-state index in [1.165, 1.54) is 13.1 Å². The van der Waals surface area contributed by atoms with Gasteiger partial charge in [0.1, 0.15) is 0 Å². The van der Waals surface area contributed by atoms with Gasteiger partial charge in [0.05, 0.1) is 0 Å². The van der Waals surface area contributed by atoms with Crippen LogP contribution in [0.25, 0.3) is 0 Å². The van der Waals surface area contributed by atoms with Crippen LogP contribution in [0.3, 0.4) is 0 Å². The van der Waals surface area contributed by atoms with Crippen LogP contribution in [-0.2, 0) is 0 Å². The molecule has 2 nitrogen and oxygen atoms in total. The van der Waals surface area contributed by atoms with E-state index in [0.29, 0.717) is 6.04 Å². The van der Waals surface area contributed by atoms with E-state index in [9.17, 15) is 0 Å². The zero-order valence-corrected chi connectivity index (χ0v) is 7.19. The largest absolute Gasteiger partial charge is 0.328 e. The summed E-state index contributed by atoms with van der Waals surface area (Å²) in [5, 5.41) is 0. The zero-order chi connectivity index (χ0) is 7.40. The fourth-order valence-corrected chi connectivity index (χ4v) is 1.60. The van der Waals surface area contributed by atoms with Crippen LogP contribution in [0, 0.1) is 0 Å². The third kappa shape index (κ3) is 2.48. The molecule has 1 aliphatic heterocycles. The minimum atomic E-state index is 0.455. The summed E-state index contributed by atoms with van der Waals surface area (Å²) in [6.45, 7) is 3.46. The summed E-state index contributed by atoms with van der Waals surface area (Å²) in [5.41, 5.74) is 5.75. The van der Waals surface area contributed by atoms with Crippen LogP contribution in [0.4, 0.5) is 0 Å². The Bertz CT molecular complexity index is 89.6. The predicted molar refractivity (Wildman–Crippen MR) is 47.5 cm³/mol. The zero-order valence-electron chi connectivity index (χ0n) is 6.29. The molecule has 3 heteroatoms. The van der Waals surface area contributed by atoms with Crippen molar-refractivity contribution in [1.29, 1.82) is 0 Å². The highest BCUT2D eigenvalue weighted by Gasteiger charge is 2.14. The summed E-state index contributed by atoms with van der Waals surface area (Å²) < 4.78 is 0. The van der Waals surface area contributed by atoms with Gasteiger partial charge in [0.15, 0.2) is 0 Å². The Morgan fingerprint density at radius 3 is 2.50 bits per heavy atom. The molecule has 0 aromatic heterocycles. The van der Waals surface area contributed by atoms with E-state index < -0.39 is 0 Å². The van der Waals surface area contributed by atoms with Crippen molar-refractivity contribution in [2.75, 3.05) is 25.4 Å². The third-order valence-corrected chi connectivity index (χ3v) is 2.25. The first kappa shape index (κ1) is 8.37. The number of hydrogen-bond acceptors (Lipinski definition) is 3. The minimum Gasteiger partial charge on any atom is -0.328 e. The van der Waals surface area contributed by atoms with E-state index in [4.69, 9.17) is 5.73 Å². The van der Waals surface area contributed by atoms with Gasteiger partial charge in [-0.25, -0.2) is 0 Å². The van der Waals surface area contributed by atoms with Crippen LogP contribution in [0.1, 0.15) is 12.8 Å². The predicted octanol–water partition coefficient (Wildman–Crippen LogP) is 0.339. The molecule has 0 aliphatic carbocycles. The molecule has 60 valence electrons. The maximum absolute atomic E-state index is 5.75. The van der Waals surface area contributed by atoms with Gasteiger partial charge in [0.2, 0.25) is 0 Å². The SMILES string of the molecule is NC1CCN(CCS)CC1. The van der Waals surface area contributed by atoms with Gasteiger partial charge in [0.25, 0.3) is 0 Å². The van der Waals surface area contributed by atoms with Crippen LogP contribution >= 0.6 is 12.6 Å². The van der Waals surface area contributed by atoms with Crippen LogP contribution in [0.5, 0.6) is 0 Å². The highest BCUT2D eigenvalue weighted by molar-refractivity contribution is 7.80. The summed E-state index contributed by atoms with van der Waals surface area (Å²) in [5.74, 6) is 0.967. The first-order valence-corrected chi connectivity index (χ1v) is 4.55. The van der Waals surface area contributed by atoms with Crippen LogP contribution in [0.15, 0.2) is 0 Å². The lowest BCUT2D eigenvalue weighted by Crippen LogP contribution is -2.40. The molecule has 0 aromatic rings. The van der Waals surface area contributed by atoms with E-state index >= 15 is 0 Å². The molecule has 1 fully saturated rings. The highest BCUT2D eigenvalue weighted by atomic mass is 32.1. The maximum Gasteiger partial charge on any atom is 0.00699 e. The molecule has 1 saturated heterocycles. The number of likely N-dealkylation sites (tertiary alicyclic amines) is 1. The number of nitrogens with zero attached hydrogens (tertiary/aromatic N) is 1. The summed E-state index contributed by atoms with van der Waals surface area (Å²) in [7, 11) is 0. The van der Waals surface area contributed by atoms with Crippen molar-refractivity contribution in [1.82, 2.24) is 4.90 Å². The van der Waals surface area contributed by atoms with Crippen LogP contribution < -0.4 is 5.73 Å². The molecule has 0 unspecified atom stereocenters. The lowest BCUT2D eigenvalue weighted by atomic mass is 10.1. The Morgan fingerprint density at radius 1 is 1.40 bits per heavy atom. The smallest absolute Gasteiger partial charge is 0.00699 e. The van der Waals surface area contributed by atoms with Crippen molar-refractivity contribution in [2.24, 2.45) is 5.73 Å². The van der Waals surface area contributed by atoms with Crippen molar-refractivity contribution in [2.45, 2.75) is 18.9 Å². The van der Waals surface area contributed by atoms with Crippen LogP contribution in [-0.4, -0.2) is 36.3 Å². The minimum absolute atomic E-state index is 0.455. The van der Waals surface area contributed by atoms with Gasteiger partial charge in [-0.3, -0.25) is 0 Å². The topological polar surface area (TPSA) is 29.3 Å². The molecule has 1 heterocycles. The quantitative estimate of drug-likeness (QED) is 0.570. The second-order valence-electron chi connectivity index (χ2n) is 2.90. The monoisotopic (exact) mass is 160 g/mol. The molecule has 0 aromatic carbocycles. The second-order valence-corrected chi connectivity index (χ2v) is 3.35. The van der Waals surface area contributed by atoms with Gasteiger partial charge in [-0.05, 0) is 25.9 Å². The number of hydrogen-bond donors (Lipinski definition) is 2. The molecule has 0 spiro atoms. The van der Waals surface area contributed by atoms with Crippen molar-refractivity contribution >= 4 is 12.6 Å². The van der Waals surface area contributed by atoms with E-state index in [1.807, 2.05) is 0 Å². The van der Waals surface area contributed by atoms with Crippen molar-refractivity contribution in [3.05, 3.63) is 0 Å². The fourth-order valence-electron chi connectivity index (χ4n) is 1.32. The fraction of sp³-hybridized carbons (Fsp3) is 1.00. The second kappa shape index (κ2) is 4.21. The number of rotatable bonds is 2. The summed E-state index contributed by atoms with van der Waals surface area (Å²) in [4.78, 5) is 2.43. The third-order valence-electron chi connectivity index (χ3n) is 2.05. The molecule has 1 aliphatic rings. The normalized spacial score (nSPS) is 23.4. The molecule has 0 amide bonds. The summed E-state index contributed by atoms with van der Waals surface area (Å²) in [6.07, 6.45) is 2.32. The lowest BCUT2D eigenvalue weighted by molar-refractivity contribution is 0.225. The maximum atomic E-state index is 5.75. The molecule has 2 N–H and O–H groups in total. The lowest BCUT2D eigenvalue weighted by Gasteiger charge is -2.29. The molecule has 0 saturated carbocycles. The van der Waals surface area contributed by atoms with E-state index in [-0.39, 0.29) is 0 Å². The molecular weight excluding hydrogens is 144 g/mol. The van der Waals surface area contributed by atoms with Crippen LogP contribution in [0.2, 0.25) is 0 Å². The van der Waals surface area contributed by atoms with Gasteiger partial charge in [-0.2, -0.15) is 12.6 Å². The molecule has 1 rings (SSSR count). The van der Waals surface area contributed by atoms with Gasteiger partial charge >= 0.3 is 0 Å². The summed E-state index contributed by atoms with van der Waals surface area (Å²) in [6, 6.07) is 0.455. The Hall–Kier alpha value is 0.270. The van der Waals surface area contributed by atoms with Crippen molar-refractivity contribution < 1.29 is 0 Å². The Kier molecular flexibility index (Phi) is 3.52. The first-order valence-electron chi connectivity index (χ1n) is 3.91. The molecule has 10 heavy (non-hydrogen) atoms. The Balaban J connectivity index is 2.13. The number of piperidine rings is 1. The molecular formula is C7H16N2S. The van der Waals surface area contributed by atoms with Gasteiger partial charge in [-0.1, -0.05) is 0 Å². The van der Waals surface area contributed by atoms with E-state index in [2.05, 4.69) is 17.5 Å². The molecule has 0 atom stereocenters. The van der Waals surface area contributed by atoms with Gasteiger partial charge in [0, 0.05) is 18.3 Å². The van der Waals surface area contributed by atoms with Crippen molar-refractivity contribution in [3.63, 3.8) is 0 Å². The number of nitrogens with two attached hydrogens (primary N) is 1. The molecule has 0 bridgehead atoms. The van der Waals surface area contributed by atoms with Gasteiger partial charge < -0.3 is 10.6 Å². The molecule has 0 radical (unpaired) electrons. The van der Waals surface area contributed by atoms with Gasteiger partial charge in [-0.15, -0.1) is 0 Å². The highest BCUT2D eigenvalue weighted by Crippen LogP contribution is 2.07. The first-order chi connectivity index (χ1) is 4.83. The van der Waals surface area contributed by atoms with E-state index in [0.717, 1.165) is 25.1 Å². The number of thiol groups is 1. The van der Waals surface area contributed by atoms with Crippen molar-refractivity contribution in [3.8, 4) is 0 Å². The summed E-state index contributed by atoms with van der Waals surface area (Å²) >= 11 is 4.18. The Morgan fingerprint density at radius 2 is 2.00 bits per heavy atom. The Labute approximate surface area is 68.2 Å². The average Bonchev–Trinajstić information content (AvgIpc) is 1.95. The standard InChI is InChI=1S/C7H16N2S/c8-7-1-3-9(4-2-7)5-6-10/h7,10H,1-6,8H2. The van der Waals surface area contributed by atoms with E-state index in [1.54, 1.807) is 0 Å². The average molecular weight is 160 g/mol.